The molecule has 3 heteroatoms. The Labute approximate surface area is 148 Å². The van der Waals surface area contributed by atoms with Gasteiger partial charge in [-0.15, -0.1) is 0 Å². The third kappa shape index (κ3) is 4.13. The molecule has 0 aliphatic heterocycles. The van der Waals surface area contributed by atoms with Gasteiger partial charge in [-0.05, 0) is 41.3 Å². The number of Topliss-reactive ketones (excluding diaryl/α,β-unsaturated/α-hetero) is 1. The van der Waals surface area contributed by atoms with Crippen LogP contribution in [0.15, 0.2) is 79.1 Å². The second-order valence-corrected chi connectivity index (χ2v) is 6.28. The summed E-state index contributed by atoms with van der Waals surface area (Å²) in [4.78, 5) is 16.7. The standard InChI is InChI=1S/C22H21NO2/c1-16(2)22(21(24)19-9-6-14-23-15-19)25-20-12-10-18(11-13-20)17-7-4-3-5-8-17/h3-16,22H,1-2H3. The predicted octanol–water partition coefficient (Wildman–Crippen LogP) is 5.03. The molecule has 0 aliphatic carbocycles. The van der Waals surface area contributed by atoms with E-state index < -0.39 is 6.10 Å². The molecule has 0 saturated carbocycles. The summed E-state index contributed by atoms with van der Waals surface area (Å²) in [5.74, 6) is 0.701. The Balaban J connectivity index is 1.78. The molecule has 3 rings (SSSR count). The van der Waals surface area contributed by atoms with Gasteiger partial charge in [0.2, 0.25) is 5.78 Å². The molecule has 0 fully saturated rings. The summed E-state index contributed by atoms with van der Waals surface area (Å²) in [5, 5.41) is 0. The normalized spacial score (nSPS) is 12.0. The Bertz CT molecular complexity index is 812. The molecule has 1 heterocycles. The lowest BCUT2D eigenvalue weighted by Crippen LogP contribution is -2.32. The lowest BCUT2D eigenvalue weighted by molar-refractivity contribution is 0.0711. The number of pyridine rings is 1. The average molecular weight is 331 g/mol. The molecule has 3 aromatic rings. The van der Waals surface area contributed by atoms with Crippen LogP contribution in [0.25, 0.3) is 11.1 Å². The fourth-order valence-corrected chi connectivity index (χ4v) is 2.67. The minimum atomic E-state index is -0.535. The zero-order chi connectivity index (χ0) is 17.6. The summed E-state index contributed by atoms with van der Waals surface area (Å²) in [6.45, 7) is 3.97. The fourth-order valence-electron chi connectivity index (χ4n) is 2.67. The molecule has 1 unspecified atom stereocenters. The van der Waals surface area contributed by atoms with Crippen molar-refractivity contribution in [1.29, 1.82) is 0 Å². The van der Waals surface area contributed by atoms with E-state index in [1.807, 2.05) is 56.3 Å². The van der Waals surface area contributed by atoms with Gasteiger partial charge in [-0.1, -0.05) is 56.3 Å². The molecule has 0 aliphatic rings. The molecule has 0 saturated heterocycles. The van der Waals surface area contributed by atoms with Crippen LogP contribution >= 0.6 is 0 Å². The van der Waals surface area contributed by atoms with E-state index in [-0.39, 0.29) is 11.7 Å². The Morgan fingerprint density at radius 3 is 2.16 bits per heavy atom. The second-order valence-electron chi connectivity index (χ2n) is 6.28. The monoisotopic (exact) mass is 331 g/mol. The van der Waals surface area contributed by atoms with Crippen LogP contribution < -0.4 is 4.74 Å². The van der Waals surface area contributed by atoms with Crippen LogP contribution in [-0.4, -0.2) is 16.9 Å². The summed E-state index contributed by atoms with van der Waals surface area (Å²) < 4.78 is 6.01. The van der Waals surface area contributed by atoms with Gasteiger partial charge in [0.25, 0.3) is 0 Å². The van der Waals surface area contributed by atoms with Crippen molar-refractivity contribution in [2.75, 3.05) is 0 Å². The maximum atomic E-state index is 12.7. The summed E-state index contributed by atoms with van der Waals surface area (Å²) >= 11 is 0. The van der Waals surface area contributed by atoms with Crippen molar-refractivity contribution in [3.05, 3.63) is 84.7 Å². The number of hydrogen-bond donors (Lipinski definition) is 0. The molecule has 1 atom stereocenters. The molecule has 0 spiro atoms. The molecule has 0 bridgehead atoms. The molecule has 3 nitrogen and oxygen atoms in total. The van der Waals surface area contributed by atoms with E-state index >= 15 is 0 Å². The number of hydrogen-bond acceptors (Lipinski definition) is 3. The molecule has 2 aromatic carbocycles. The molecule has 0 radical (unpaired) electrons. The Hall–Kier alpha value is -2.94. The second kappa shape index (κ2) is 7.75. The van der Waals surface area contributed by atoms with Crippen molar-refractivity contribution in [2.24, 2.45) is 5.92 Å². The predicted molar refractivity (Wildman–Crippen MR) is 99.7 cm³/mol. The number of nitrogens with zero attached hydrogens (tertiary/aromatic N) is 1. The van der Waals surface area contributed by atoms with E-state index in [0.717, 1.165) is 11.1 Å². The summed E-state index contributed by atoms with van der Waals surface area (Å²) in [5.41, 5.74) is 2.84. The summed E-state index contributed by atoms with van der Waals surface area (Å²) in [6.07, 6.45) is 2.70. The molecular formula is C22H21NO2. The van der Waals surface area contributed by atoms with Gasteiger partial charge in [0.05, 0.1) is 0 Å². The highest BCUT2D eigenvalue weighted by Gasteiger charge is 2.25. The average Bonchev–Trinajstić information content (AvgIpc) is 2.67. The number of ether oxygens (including phenoxy) is 1. The zero-order valence-electron chi connectivity index (χ0n) is 14.4. The molecule has 1 aromatic heterocycles. The van der Waals surface area contributed by atoms with Crippen molar-refractivity contribution < 1.29 is 9.53 Å². The van der Waals surface area contributed by atoms with Gasteiger partial charge in [0, 0.05) is 18.0 Å². The van der Waals surface area contributed by atoms with Crippen molar-refractivity contribution >= 4 is 5.78 Å². The van der Waals surface area contributed by atoms with Crippen LogP contribution in [0.4, 0.5) is 0 Å². The number of aromatic nitrogens is 1. The number of carbonyl (C=O) groups is 1. The number of carbonyl (C=O) groups excluding carboxylic acids is 1. The maximum Gasteiger partial charge on any atom is 0.205 e. The van der Waals surface area contributed by atoms with Crippen LogP contribution in [-0.2, 0) is 0 Å². The highest BCUT2D eigenvalue weighted by atomic mass is 16.5. The van der Waals surface area contributed by atoms with Gasteiger partial charge in [-0.2, -0.15) is 0 Å². The lowest BCUT2D eigenvalue weighted by atomic mass is 9.98. The third-order valence-corrected chi connectivity index (χ3v) is 4.03. The van der Waals surface area contributed by atoms with Crippen molar-refractivity contribution in [2.45, 2.75) is 20.0 Å². The maximum absolute atomic E-state index is 12.7. The van der Waals surface area contributed by atoms with E-state index in [9.17, 15) is 4.79 Å². The van der Waals surface area contributed by atoms with Gasteiger partial charge in [-0.25, -0.2) is 0 Å². The van der Waals surface area contributed by atoms with Crippen molar-refractivity contribution in [1.82, 2.24) is 4.98 Å². The van der Waals surface area contributed by atoms with Gasteiger partial charge in [-0.3, -0.25) is 9.78 Å². The van der Waals surface area contributed by atoms with Crippen LogP contribution in [0.5, 0.6) is 5.75 Å². The Morgan fingerprint density at radius 1 is 0.880 bits per heavy atom. The Morgan fingerprint density at radius 2 is 1.56 bits per heavy atom. The van der Waals surface area contributed by atoms with Crippen molar-refractivity contribution in [3.8, 4) is 16.9 Å². The van der Waals surface area contributed by atoms with E-state index in [1.165, 1.54) is 0 Å². The van der Waals surface area contributed by atoms with E-state index in [2.05, 4.69) is 17.1 Å². The topological polar surface area (TPSA) is 39.2 Å². The van der Waals surface area contributed by atoms with Crippen LogP contribution in [0.3, 0.4) is 0 Å². The zero-order valence-corrected chi connectivity index (χ0v) is 14.4. The SMILES string of the molecule is CC(C)C(Oc1ccc(-c2ccccc2)cc1)C(=O)c1cccnc1. The quantitative estimate of drug-likeness (QED) is 0.594. The van der Waals surface area contributed by atoms with Gasteiger partial charge in [0.1, 0.15) is 5.75 Å². The smallest absolute Gasteiger partial charge is 0.205 e. The number of ketones is 1. The van der Waals surface area contributed by atoms with E-state index in [4.69, 9.17) is 4.74 Å². The lowest BCUT2D eigenvalue weighted by Gasteiger charge is -2.21. The van der Waals surface area contributed by atoms with E-state index in [1.54, 1.807) is 24.5 Å². The molecule has 25 heavy (non-hydrogen) atoms. The molecule has 126 valence electrons. The highest BCUT2D eigenvalue weighted by molar-refractivity contribution is 5.99. The summed E-state index contributed by atoms with van der Waals surface area (Å²) in [6, 6.07) is 21.5. The molecule has 0 N–H and O–H groups in total. The van der Waals surface area contributed by atoms with Gasteiger partial charge < -0.3 is 4.74 Å². The van der Waals surface area contributed by atoms with Crippen LogP contribution in [0, 0.1) is 5.92 Å². The third-order valence-electron chi connectivity index (χ3n) is 4.03. The molecule has 0 amide bonds. The van der Waals surface area contributed by atoms with Crippen LogP contribution in [0.2, 0.25) is 0 Å². The number of benzene rings is 2. The minimum Gasteiger partial charge on any atom is -0.482 e. The van der Waals surface area contributed by atoms with Crippen molar-refractivity contribution in [3.63, 3.8) is 0 Å². The molecular weight excluding hydrogens is 310 g/mol. The largest absolute Gasteiger partial charge is 0.482 e. The first-order valence-corrected chi connectivity index (χ1v) is 8.41. The van der Waals surface area contributed by atoms with Gasteiger partial charge >= 0.3 is 0 Å². The highest BCUT2D eigenvalue weighted by Crippen LogP contribution is 2.24. The first kappa shape index (κ1) is 16.9. The number of rotatable bonds is 6. The van der Waals surface area contributed by atoms with E-state index in [0.29, 0.717) is 11.3 Å². The first-order chi connectivity index (χ1) is 12.1. The minimum absolute atomic E-state index is 0.0461. The Kier molecular flexibility index (Phi) is 5.24. The first-order valence-electron chi connectivity index (χ1n) is 8.41. The fraction of sp³-hybridized carbons (Fsp3) is 0.182. The summed E-state index contributed by atoms with van der Waals surface area (Å²) in [7, 11) is 0. The van der Waals surface area contributed by atoms with Crippen LogP contribution in [0.1, 0.15) is 24.2 Å². The van der Waals surface area contributed by atoms with Gasteiger partial charge in [0.15, 0.2) is 6.10 Å².